The fourth-order valence-electron chi connectivity index (χ4n) is 7.27. The number of carbonyl (C=O) groups is 1. The van der Waals surface area contributed by atoms with Gasteiger partial charge in [-0.2, -0.15) is 0 Å². The number of ketones is 1. The van der Waals surface area contributed by atoms with Crippen molar-refractivity contribution in [1.29, 1.82) is 0 Å². The van der Waals surface area contributed by atoms with Crippen LogP contribution in [0.3, 0.4) is 0 Å². The molecule has 0 atom stereocenters. The summed E-state index contributed by atoms with van der Waals surface area (Å²) in [6, 6.07) is 0. The van der Waals surface area contributed by atoms with Gasteiger partial charge in [0.2, 0.25) is 0 Å². The van der Waals surface area contributed by atoms with Crippen molar-refractivity contribution in [2.45, 2.75) is 72.6 Å². The molecule has 0 saturated heterocycles. The lowest BCUT2D eigenvalue weighted by atomic mass is 9.36. The lowest BCUT2D eigenvalue weighted by Gasteiger charge is -2.69. The smallest absolute Gasteiger partial charge is 0.130 e. The molecular formula is C16H26O. The van der Waals surface area contributed by atoms with Crippen LogP contribution < -0.4 is 0 Å². The van der Waals surface area contributed by atoms with Gasteiger partial charge < -0.3 is 4.79 Å². The van der Waals surface area contributed by atoms with Gasteiger partial charge in [0.05, 0.1) is 0 Å². The third-order valence-electron chi connectivity index (χ3n) is 5.59. The van der Waals surface area contributed by atoms with Crippen molar-refractivity contribution in [3.05, 3.63) is 0 Å². The Hall–Kier alpha value is -0.330. The molecule has 4 aliphatic rings. The average molecular weight is 234 g/mol. The monoisotopic (exact) mass is 234 g/mol. The summed E-state index contributed by atoms with van der Waals surface area (Å²) in [4.78, 5) is 11.6. The minimum Gasteiger partial charge on any atom is -0.300 e. The van der Waals surface area contributed by atoms with Crippen molar-refractivity contribution < 1.29 is 4.79 Å². The van der Waals surface area contributed by atoms with E-state index in [1.165, 1.54) is 38.5 Å². The summed E-state index contributed by atoms with van der Waals surface area (Å²) in [6.07, 6.45) is 8.97. The third kappa shape index (κ3) is 1.77. The van der Waals surface area contributed by atoms with E-state index < -0.39 is 0 Å². The van der Waals surface area contributed by atoms with E-state index in [1.807, 2.05) is 0 Å². The Morgan fingerprint density at radius 1 is 0.824 bits per heavy atom. The highest BCUT2D eigenvalue weighted by atomic mass is 16.1. The molecule has 1 heteroatoms. The SMILES string of the molecule is CC(=O)CC12CC3(C)CC(C)(CC(C)(C3)C1)C2. The summed E-state index contributed by atoms with van der Waals surface area (Å²) in [5.74, 6) is 0.405. The molecule has 0 heterocycles. The van der Waals surface area contributed by atoms with E-state index >= 15 is 0 Å². The van der Waals surface area contributed by atoms with Gasteiger partial charge in [-0.15, -0.1) is 0 Å². The Kier molecular flexibility index (Phi) is 2.05. The molecule has 0 radical (unpaired) electrons. The van der Waals surface area contributed by atoms with Crippen LogP contribution in [-0.2, 0) is 4.79 Å². The normalized spacial score (nSPS) is 56.2. The number of hydrogen-bond acceptors (Lipinski definition) is 1. The molecule has 0 aromatic rings. The van der Waals surface area contributed by atoms with Crippen LogP contribution in [0.4, 0.5) is 0 Å². The highest BCUT2D eigenvalue weighted by molar-refractivity contribution is 5.76. The van der Waals surface area contributed by atoms with Crippen LogP contribution in [0.5, 0.6) is 0 Å². The van der Waals surface area contributed by atoms with E-state index in [9.17, 15) is 4.79 Å². The molecule has 17 heavy (non-hydrogen) atoms. The first kappa shape index (κ1) is 11.7. The standard InChI is InChI=1S/C16H26O/c1-12(17)5-16-9-13(2)6-14(3,10-16)8-15(4,7-13)11-16/h5-11H2,1-4H3. The Labute approximate surface area is 105 Å². The van der Waals surface area contributed by atoms with Crippen LogP contribution in [0.2, 0.25) is 0 Å². The third-order valence-corrected chi connectivity index (χ3v) is 5.59. The fourth-order valence-corrected chi connectivity index (χ4v) is 7.27. The summed E-state index contributed by atoms with van der Waals surface area (Å²) in [6.45, 7) is 9.23. The molecule has 4 bridgehead atoms. The highest BCUT2D eigenvalue weighted by Gasteiger charge is 2.63. The molecule has 0 unspecified atom stereocenters. The number of hydrogen-bond donors (Lipinski definition) is 0. The van der Waals surface area contributed by atoms with Gasteiger partial charge in [-0.3, -0.25) is 0 Å². The second-order valence-corrected chi connectivity index (χ2v) is 8.87. The molecule has 0 N–H and O–H groups in total. The van der Waals surface area contributed by atoms with Gasteiger partial charge in [0.15, 0.2) is 0 Å². The highest BCUT2D eigenvalue weighted by Crippen LogP contribution is 2.74. The Morgan fingerprint density at radius 3 is 1.47 bits per heavy atom. The molecule has 4 fully saturated rings. The van der Waals surface area contributed by atoms with E-state index in [2.05, 4.69) is 20.8 Å². The van der Waals surface area contributed by atoms with Crippen molar-refractivity contribution in [1.82, 2.24) is 0 Å². The van der Waals surface area contributed by atoms with Gasteiger partial charge in [-0.25, -0.2) is 0 Å². The lowest BCUT2D eigenvalue weighted by Crippen LogP contribution is -2.59. The van der Waals surface area contributed by atoms with Gasteiger partial charge in [0.1, 0.15) is 5.78 Å². The largest absolute Gasteiger partial charge is 0.300 e. The molecule has 4 rings (SSSR count). The van der Waals surface area contributed by atoms with Gasteiger partial charge in [-0.1, -0.05) is 20.8 Å². The predicted octanol–water partition coefficient (Wildman–Crippen LogP) is 4.35. The van der Waals surface area contributed by atoms with Crippen molar-refractivity contribution in [2.24, 2.45) is 21.7 Å². The summed E-state index contributed by atoms with van der Waals surface area (Å²) >= 11 is 0. The van der Waals surface area contributed by atoms with E-state index in [4.69, 9.17) is 0 Å². The molecule has 4 aliphatic carbocycles. The molecular weight excluding hydrogens is 208 g/mol. The van der Waals surface area contributed by atoms with Crippen molar-refractivity contribution in [3.63, 3.8) is 0 Å². The van der Waals surface area contributed by atoms with E-state index in [0.29, 0.717) is 27.4 Å². The molecule has 0 amide bonds. The topological polar surface area (TPSA) is 17.1 Å². The Balaban J connectivity index is 2.01. The maximum absolute atomic E-state index is 11.6. The second kappa shape index (κ2) is 2.97. The van der Waals surface area contributed by atoms with E-state index in [1.54, 1.807) is 6.92 Å². The van der Waals surface area contributed by atoms with Crippen LogP contribution in [-0.4, -0.2) is 5.78 Å². The molecule has 0 aromatic heterocycles. The molecule has 1 nitrogen and oxygen atoms in total. The summed E-state index contributed by atoms with van der Waals surface area (Å²) < 4.78 is 0. The van der Waals surface area contributed by atoms with Crippen molar-refractivity contribution in [2.75, 3.05) is 0 Å². The van der Waals surface area contributed by atoms with Crippen LogP contribution >= 0.6 is 0 Å². The maximum atomic E-state index is 11.6. The fraction of sp³-hybridized carbons (Fsp3) is 0.938. The van der Waals surface area contributed by atoms with E-state index in [-0.39, 0.29) is 0 Å². The molecule has 0 aliphatic heterocycles. The second-order valence-electron chi connectivity index (χ2n) is 8.87. The quantitative estimate of drug-likeness (QED) is 0.694. The summed E-state index contributed by atoms with van der Waals surface area (Å²) in [5, 5.41) is 0. The first-order valence-corrected chi connectivity index (χ1v) is 7.15. The van der Waals surface area contributed by atoms with Gasteiger partial charge >= 0.3 is 0 Å². The molecule has 0 aromatic carbocycles. The van der Waals surface area contributed by atoms with Crippen LogP contribution in [0.25, 0.3) is 0 Å². The van der Waals surface area contributed by atoms with Crippen LogP contribution in [0.15, 0.2) is 0 Å². The molecule has 0 spiro atoms. The average Bonchev–Trinajstić information content (AvgIpc) is 1.87. The zero-order valence-electron chi connectivity index (χ0n) is 11.9. The Morgan fingerprint density at radius 2 is 1.18 bits per heavy atom. The first-order chi connectivity index (χ1) is 7.66. The lowest BCUT2D eigenvalue weighted by molar-refractivity contribution is -0.186. The van der Waals surface area contributed by atoms with Gasteiger partial charge in [-0.05, 0) is 67.1 Å². The maximum Gasteiger partial charge on any atom is 0.130 e. The van der Waals surface area contributed by atoms with Crippen molar-refractivity contribution in [3.8, 4) is 0 Å². The minimum atomic E-state index is 0.360. The van der Waals surface area contributed by atoms with E-state index in [0.717, 1.165) is 6.42 Å². The number of rotatable bonds is 2. The minimum absolute atomic E-state index is 0.360. The van der Waals surface area contributed by atoms with Gasteiger partial charge in [0.25, 0.3) is 0 Å². The molecule has 4 saturated carbocycles. The van der Waals surface area contributed by atoms with Crippen molar-refractivity contribution >= 4 is 5.78 Å². The van der Waals surface area contributed by atoms with Gasteiger partial charge in [0, 0.05) is 6.42 Å². The number of carbonyl (C=O) groups excluding carboxylic acids is 1. The summed E-state index contributed by atoms with van der Waals surface area (Å²) in [7, 11) is 0. The molecule has 96 valence electrons. The van der Waals surface area contributed by atoms with Crippen LogP contribution in [0.1, 0.15) is 72.6 Å². The summed E-state index contributed by atoms with van der Waals surface area (Å²) in [5.41, 5.74) is 1.92. The zero-order valence-corrected chi connectivity index (χ0v) is 11.9. The first-order valence-electron chi connectivity index (χ1n) is 7.15. The Bertz CT molecular complexity index is 327. The number of Topliss-reactive ketones (excluding diaryl/α,β-unsaturated/α-hetero) is 1. The predicted molar refractivity (Wildman–Crippen MR) is 69.8 cm³/mol. The van der Waals surface area contributed by atoms with Crippen LogP contribution in [0, 0.1) is 21.7 Å². The zero-order chi connectivity index (χ0) is 12.5.